The summed E-state index contributed by atoms with van der Waals surface area (Å²) in [5.41, 5.74) is 7.22. The summed E-state index contributed by atoms with van der Waals surface area (Å²) in [6.07, 6.45) is 2.39. The molecule has 0 amide bonds. The van der Waals surface area contributed by atoms with Crippen LogP contribution in [0.25, 0.3) is 0 Å². The summed E-state index contributed by atoms with van der Waals surface area (Å²) < 4.78 is 0. The van der Waals surface area contributed by atoms with Crippen molar-refractivity contribution in [3.8, 4) is 0 Å². The van der Waals surface area contributed by atoms with Crippen LogP contribution in [0.15, 0.2) is 30.3 Å². The summed E-state index contributed by atoms with van der Waals surface area (Å²) in [4.78, 5) is 2.37. The van der Waals surface area contributed by atoms with E-state index in [1.54, 1.807) is 0 Å². The first-order valence-corrected chi connectivity index (χ1v) is 4.92. The zero-order chi connectivity index (χ0) is 9.10. The van der Waals surface area contributed by atoms with Gasteiger partial charge in [0.15, 0.2) is 0 Å². The minimum absolute atomic E-state index is 0. The normalized spacial score (nSPS) is 21.5. The van der Waals surface area contributed by atoms with Gasteiger partial charge in [-0.3, -0.25) is 0 Å². The van der Waals surface area contributed by atoms with Gasteiger partial charge in [-0.25, -0.2) is 0 Å². The minimum Gasteiger partial charge on any atom is -0.370 e. The van der Waals surface area contributed by atoms with Gasteiger partial charge in [0, 0.05) is 24.8 Å². The third-order valence-electron chi connectivity index (χ3n) is 2.58. The lowest BCUT2D eigenvalue weighted by Crippen LogP contribution is -2.42. The Morgan fingerprint density at radius 1 is 1.21 bits per heavy atom. The van der Waals surface area contributed by atoms with Crippen molar-refractivity contribution in [3.63, 3.8) is 0 Å². The second-order valence-electron chi connectivity index (χ2n) is 3.68. The fourth-order valence-corrected chi connectivity index (χ4v) is 1.88. The zero-order valence-electron chi connectivity index (χ0n) is 8.23. The lowest BCUT2D eigenvalue weighted by molar-refractivity contribution is 0.506. The Balaban J connectivity index is 0.000000980. The molecule has 2 rings (SSSR count). The van der Waals surface area contributed by atoms with Gasteiger partial charge < -0.3 is 10.6 Å². The van der Waals surface area contributed by atoms with Crippen molar-refractivity contribution in [2.75, 3.05) is 18.0 Å². The number of anilines is 1. The van der Waals surface area contributed by atoms with E-state index in [0.717, 1.165) is 13.1 Å². The lowest BCUT2D eigenvalue weighted by atomic mass is 10.1. The fraction of sp³-hybridized carbons (Fsp3) is 0.455. The van der Waals surface area contributed by atoms with Gasteiger partial charge >= 0.3 is 0 Å². The Labute approximate surface area is 91.5 Å². The number of halogens is 1. The average Bonchev–Trinajstić information content (AvgIpc) is 2.19. The molecule has 1 unspecified atom stereocenters. The van der Waals surface area contributed by atoms with E-state index < -0.39 is 0 Å². The average molecular weight is 213 g/mol. The molecule has 0 bridgehead atoms. The molecule has 1 aromatic rings. The molecule has 0 radical (unpaired) electrons. The Morgan fingerprint density at radius 2 is 1.93 bits per heavy atom. The molecule has 2 nitrogen and oxygen atoms in total. The summed E-state index contributed by atoms with van der Waals surface area (Å²) in [6, 6.07) is 10.9. The van der Waals surface area contributed by atoms with Crippen molar-refractivity contribution in [2.45, 2.75) is 18.9 Å². The third-order valence-corrected chi connectivity index (χ3v) is 2.58. The maximum atomic E-state index is 5.92. The highest BCUT2D eigenvalue weighted by Crippen LogP contribution is 2.18. The molecule has 1 saturated heterocycles. The number of hydrogen-bond donors (Lipinski definition) is 1. The second-order valence-corrected chi connectivity index (χ2v) is 3.68. The summed E-state index contributed by atoms with van der Waals surface area (Å²) in [6.45, 7) is 2.15. The van der Waals surface area contributed by atoms with Gasteiger partial charge in [-0.1, -0.05) is 18.2 Å². The van der Waals surface area contributed by atoms with Crippen molar-refractivity contribution in [2.24, 2.45) is 5.73 Å². The van der Waals surface area contributed by atoms with Crippen LogP contribution in [0.1, 0.15) is 12.8 Å². The summed E-state index contributed by atoms with van der Waals surface area (Å²) in [5, 5.41) is 0. The molecule has 1 fully saturated rings. The van der Waals surface area contributed by atoms with Crippen LogP contribution < -0.4 is 10.6 Å². The first-order chi connectivity index (χ1) is 6.36. The number of para-hydroxylation sites is 1. The number of piperidine rings is 1. The molecule has 2 N–H and O–H groups in total. The first kappa shape index (κ1) is 11.3. The van der Waals surface area contributed by atoms with Crippen LogP contribution in [0.2, 0.25) is 0 Å². The topological polar surface area (TPSA) is 29.3 Å². The fourth-order valence-electron chi connectivity index (χ4n) is 1.88. The van der Waals surface area contributed by atoms with E-state index in [9.17, 15) is 0 Å². The molecule has 0 aromatic heterocycles. The standard InChI is InChI=1S/C11H16N2.ClH/c12-10-5-4-8-13(9-10)11-6-2-1-3-7-11;/h1-3,6-7,10H,4-5,8-9,12H2;1H. The smallest absolute Gasteiger partial charge is 0.0366 e. The number of nitrogens with zero attached hydrogens (tertiary/aromatic N) is 1. The zero-order valence-corrected chi connectivity index (χ0v) is 9.04. The third kappa shape index (κ3) is 2.63. The molecule has 3 heteroatoms. The predicted molar refractivity (Wildman–Crippen MR) is 63.1 cm³/mol. The second kappa shape index (κ2) is 5.23. The SMILES string of the molecule is Cl.NC1CCCN(c2ccccc2)C1. The number of hydrogen-bond acceptors (Lipinski definition) is 2. The van der Waals surface area contributed by atoms with Crippen LogP contribution in [0.5, 0.6) is 0 Å². The molecule has 0 aliphatic carbocycles. The van der Waals surface area contributed by atoms with Gasteiger partial charge in [0.05, 0.1) is 0 Å². The molecule has 1 aliphatic rings. The lowest BCUT2D eigenvalue weighted by Gasteiger charge is -2.32. The van der Waals surface area contributed by atoms with Gasteiger partial charge in [-0.2, -0.15) is 0 Å². The van der Waals surface area contributed by atoms with E-state index in [1.165, 1.54) is 18.5 Å². The van der Waals surface area contributed by atoms with Crippen LogP contribution in [0.4, 0.5) is 5.69 Å². The minimum atomic E-state index is 0. The molecule has 78 valence electrons. The number of nitrogens with two attached hydrogens (primary N) is 1. The highest BCUT2D eigenvalue weighted by molar-refractivity contribution is 5.85. The quantitative estimate of drug-likeness (QED) is 0.772. The Morgan fingerprint density at radius 3 is 2.57 bits per heavy atom. The predicted octanol–water partition coefficient (Wildman–Crippen LogP) is 2.04. The van der Waals surface area contributed by atoms with Crippen LogP contribution in [0, 0.1) is 0 Å². The Hall–Kier alpha value is -0.730. The van der Waals surface area contributed by atoms with Crippen molar-refractivity contribution in [1.29, 1.82) is 0 Å². The summed E-state index contributed by atoms with van der Waals surface area (Å²) >= 11 is 0. The monoisotopic (exact) mass is 212 g/mol. The van der Waals surface area contributed by atoms with Crippen molar-refractivity contribution < 1.29 is 0 Å². The molecule has 0 spiro atoms. The van der Waals surface area contributed by atoms with E-state index >= 15 is 0 Å². The van der Waals surface area contributed by atoms with Gasteiger partial charge in [-0.15, -0.1) is 12.4 Å². The number of benzene rings is 1. The van der Waals surface area contributed by atoms with E-state index in [-0.39, 0.29) is 12.4 Å². The Kier molecular flexibility index (Phi) is 4.23. The first-order valence-electron chi connectivity index (χ1n) is 4.92. The number of rotatable bonds is 1. The molecule has 1 heterocycles. The van der Waals surface area contributed by atoms with E-state index in [4.69, 9.17) is 5.73 Å². The van der Waals surface area contributed by atoms with Crippen LogP contribution in [0.3, 0.4) is 0 Å². The van der Waals surface area contributed by atoms with Crippen molar-refractivity contribution >= 4 is 18.1 Å². The Bertz CT molecular complexity index is 263. The highest BCUT2D eigenvalue weighted by Gasteiger charge is 2.16. The largest absolute Gasteiger partial charge is 0.370 e. The molecule has 1 aromatic carbocycles. The van der Waals surface area contributed by atoms with Crippen LogP contribution in [-0.2, 0) is 0 Å². The molecule has 1 atom stereocenters. The summed E-state index contributed by atoms with van der Waals surface area (Å²) in [7, 11) is 0. The molecule has 1 aliphatic heterocycles. The maximum Gasteiger partial charge on any atom is 0.0366 e. The van der Waals surface area contributed by atoms with E-state index in [0.29, 0.717) is 6.04 Å². The van der Waals surface area contributed by atoms with Crippen molar-refractivity contribution in [3.05, 3.63) is 30.3 Å². The summed E-state index contributed by atoms with van der Waals surface area (Å²) in [5.74, 6) is 0. The van der Waals surface area contributed by atoms with Crippen LogP contribution in [-0.4, -0.2) is 19.1 Å². The highest BCUT2D eigenvalue weighted by atomic mass is 35.5. The molecule has 14 heavy (non-hydrogen) atoms. The maximum absolute atomic E-state index is 5.92. The van der Waals surface area contributed by atoms with Gasteiger partial charge in [0.25, 0.3) is 0 Å². The van der Waals surface area contributed by atoms with E-state index in [1.807, 2.05) is 6.07 Å². The van der Waals surface area contributed by atoms with Gasteiger partial charge in [-0.05, 0) is 25.0 Å². The van der Waals surface area contributed by atoms with Crippen molar-refractivity contribution in [1.82, 2.24) is 0 Å². The van der Waals surface area contributed by atoms with Gasteiger partial charge in [0.1, 0.15) is 0 Å². The van der Waals surface area contributed by atoms with E-state index in [2.05, 4.69) is 29.2 Å². The van der Waals surface area contributed by atoms with Gasteiger partial charge in [0.2, 0.25) is 0 Å². The van der Waals surface area contributed by atoms with Crippen LogP contribution >= 0.6 is 12.4 Å². The molecule has 0 saturated carbocycles. The molecular weight excluding hydrogens is 196 g/mol. The molecular formula is C11H17ClN2.